The van der Waals surface area contributed by atoms with Crippen molar-refractivity contribution in [3.05, 3.63) is 46.5 Å². The first-order valence-electron chi connectivity index (χ1n) is 5.98. The van der Waals surface area contributed by atoms with Gasteiger partial charge in [0, 0.05) is 16.3 Å². The zero-order valence-corrected chi connectivity index (χ0v) is 10.8. The van der Waals surface area contributed by atoms with Crippen LogP contribution in [0.5, 0.6) is 0 Å². The Morgan fingerprint density at radius 2 is 1.67 bits per heavy atom. The van der Waals surface area contributed by atoms with Gasteiger partial charge in [0.1, 0.15) is 0 Å². The molecule has 1 aliphatic heterocycles. The molecule has 0 saturated carbocycles. The second kappa shape index (κ2) is 4.52. The quantitative estimate of drug-likeness (QED) is 0.474. The van der Waals surface area contributed by atoms with E-state index in [0.29, 0.717) is 6.29 Å². The summed E-state index contributed by atoms with van der Waals surface area (Å²) in [5.41, 5.74) is 0.577. The molecule has 0 saturated heterocycles. The Morgan fingerprint density at radius 1 is 1.05 bits per heavy atom. The SMILES string of the molecule is COC(=O)c1ccc2c3c(ccc(C=O)c13)C(=O)OC2=O. The standard InChI is InChI=1S/C15H8O6/c1-20-13(17)8-4-5-10-12-9(14(18)21-15(10)19)3-2-7(6-16)11(8)12/h2-6H,1H3. The van der Waals surface area contributed by atoms with Crippen LogP contribution in [0.25, 0.3) is 10.8 Å². The third-order valence-electron chi connectivity index (χ3n) is 3.35. The minimum absolute atomic E-state index is 0.114. The number of esters is 3. The fraction of sp³-hybridized carbons (Fsp3) is 0.0667. The van der Waals surface area contributed by atoms with Crippen molar-refractivity contribution in [3.8, 4) is 0 Å². The number of hydrogen-bond acceptors (Lipinski definition) is 6. The summed E-state index contributed by atoms with van der Waals surface area (Å²) in [7, 11) is 1.21. The van der Waals surface area contributed by atoms with Gasteiger partial charge in [0.2, 0.25) is 0 Å². The van der Waals surface area contributed by atoms with Gasteiger partial charge in [0.15, 0.2) is 6.29 Å². The second-order valence-electron chi connectivity index (χ2n) is 4.40. The molecule has 21 heavy (non-hydrogen) atoms. The van der Waals surface area contributed by atoms with Crippen LogP contribution < -0.4 is 0 Å². The molecule has 0 fully saturated rings. The van der Waals surface area contributed by atoms with Crippen LogP contribution in [0.2, 0.25) is 0 Å². The summed E-state index contributed by atoms with van der Waals surface area (Å²) >= 11 is 0. The largest absolute Gasteiger partial charge is 0.465 e. The van der Waals surface area contributed by atoms with Gasteiger partial charge in [-0.2, -0.15) is 0 Å². The second-order valence-corrected chi connectivity index (χ2v) is 4.40. The van der Waals surface area contributed by atoms with Crippen molar-refractivity contribution < 1.29 is 28.7 Å². The van der Waals surface area contributed by atoms with Crippen molar-refractivity contribution in [2.45, 2.75) is 0 Å². The van der Waals surface area contributed by atoms with Gasteiger partial charge in [-0.3, -0.25) is 4.79 Å². The van der Waals surface area contributed by atoms with E-state index in [4.69, 9.17) is 0 Å². The first-order chi connectivity index (χ1) is 10.1. The number of carbonyl (C=O) groups excluding carboxylic acids is 4. The number of rotatable bonds is 2. The Balaban J connectivity index is 2.54. The van der Waals surface area contributed by atoms with Gasteiger partial charge in [0.25, 0.3) is 0 Å². The Morgan fingerprint density at radius 3 is 2.24 bits per heavy atom. The highest BCUT2D eigenvalue weighted by Crippen LogP contribution is 2.33. The molecule has 6 nitrogen and oxygen atoms in total. The Labute approximate surface area is 118 Å². The van der Waals surface area contributed by atoms with Gasteiger partial charge in [-0.25, -0.2) is 14.4 Å². The number of aldehydes is 1. The minimum Gasteiger partial charge on any atom is -0.465 e. The molecule has 2 aromatic carbocycles. The van der Waals surface area contributed by atoms with E-state index in [1.807, 2.05) is 0 Å². The molecule has 2 aromatic rings. The fourth-order valence-corrected chi connectivity index (χ4v) is 2.43. The topological polar surface area (TPSA) is 86.7 Å². The molecule has 6 heteroatoms. The van der Waals surface area contributed by atoms with E-state index in [2.05, 4.69) is 9.47 Å². The van der Waals surface area contributed by atoms with Gasteiger partial charge < -0.3 is 9.47 Å². The van der Waals surface area contributed by atoms with Gasteiger partial charge >= 0.3 is 17.9 Å². The predicted octanol–water partition coefficient (Wildman–Crippen LogP) is 1.75. The van der Waals surface area contributed by atoms with Crippen LogP contribution >= 0.6 is 0 Å². The number of cyclic esters (lactones) is 2. The third-order valence-corrected chi connectivity index (χ3v) is 3.35. The van der Waals surface area contributed by atoms with Crippen molar-refractivity contribution in [1.82, 2.24) is 0 Å². The average Bonchev–Trinajstić information content (AvgIpc) is 2.50. The lowest BCUT2D eigenvalue weighted by Gasteiger charge is -2.17. The van der Waals surface area contributed by atoms with Crippen LogP contribution in [-0.2, 0) is 9.47 Å². The van der Waals surface area contributed by atoms with Crippen molar-refractivity contribution in [2.24, 2.45) is 0 Å². The van der Waals surface area contributed by atoms with E-state index in [0.717, 1.165) is 0 Å². The minimum atomic E-state index is -0.808. The van der Waals surface area contributed by atoms with E-state index < -0.39 is 17.9 Å². The molecule has 0 N–H and O–H groups in total. The molecule has 104 valence electrons. The monoisotopic (exact) mass is 284 g/mol. The van der Waals surface area contributed by atoms with Crippen LogP contribution in [0.4, 0.5) is 0 Å². The molecule has 0 aromatic heterocycles. The van der Waals surface area contributed by atoms with Crippen LogP contribution in [0.15, 0.2) is 24.3 Å². The summed E-state index contributed by atoms with van der Waals surface area (Å²) in [6.45, 7) is 0. The lowest BCUT2D eigenvalue weighted by atomic mass is 9.91. The molecule has 0 unspecified atom stereocenters. The van der Waals surface area contributed by atoms with Gasteiger partial charge in [0.05, 0.1) is 23.8 Å². The van der Waals surface area contributed by atoms with Gasteiger partial charge in [-0.1, -0.05) is 6.07 Å². The summed E-state index contributed by atoms with van der Waals surface area (Å²) < 4.78 is 9.29. The number of methoxy groups -OCH3 is 1. The maximum absolute atomic E-state index is 11.8. The van der Waals surface area contributed by atoms with E-state index in [9.17, 15) is 19.2 Å². The van der Waals surface area contributed by atoms with Crippen molar-refractivity contribution in [1.29, 1.82) is 0 Å². The molecular formula is C15H8O6. The number of carbonyl (C=O) groups is 4. The smallest absolute Gasteiger partial charge is 0.346 e. The summed E-state index contributed by atoms with van der Waals surface area (Å²) in [4.78, 5) is 46.6. The lowest BCUT2D eigenvalue weighted by molar-refractivity contribution is 0.0389. The van der Waals surface area contributed by atoms with E-state index in [-0.39, 0.29) is 33.0 Å². The van der Waals surface area contributed by atoms with Gasteiger partial charge in [-0.05, 0) is 18.2 Å². The van der Waals surface area contributed by atoms with E-state index in [1.165, 1.54) is 31.4 Å². The van der Waals surface area contributed by atoms with Crippen LogP contribution in [0.1, 0.15) is 41.4 Å². The maximum atomic E-state index is 11.8. The lowest BCUT2D eigenvalue weighted by Crippen LogP contribution is -2.21. The Bertz CT molecular complexity index is 813. The average molecular weight is 284 g/mol. The zero-order chi connectivity index (χ0) is 15.1. The normalized spacial score (nSPS) is 13.0. The van der Waals surface area contributed by atoms with Crippen molar-refractivity contribution >= 4 is 35.0 Å². The molecule has 1 aliphatic rings. The predicted molar refractivity (Wildman–Crippen MR) is 70.4 cm³/mol. The molecule has 0 amide bonds. The summed E-state index contributed by atoms with van der Waals surface area (Å²) in [5, 5.41) is 0.459. The fourth-order valence-electron chi connectivity index (χ4n) is 2.43. The summed E-state index contributed by atoms with van der Waals surface area (Å²) in [5.74, 6) is -2.28. The first-order valence-corrected chi connectivity index (χ1v) is 5.98. The highest BCUT2D eigenvalue weighted by molar-refractivity contribution is 6.25. The molecule has 0 radical (unpaired) electrons. The third kappa shape index (κ3) is 1.73. The summed E-state index contributed by atoms with van der Waals surface area (Å²) in [6, 6.07) is 5.54. The van der Waals surface area contributed by atoms with Crippen LogP contribution in [-0.4, -0.2) is 31.3 Å². The summed E-state index contributed by atoms with van der Waals surface area (Å²) in [6.07, 6.45) is 0.555. The molecule has 0 spiro atoms. The number of hydrogen-bond donors (Lipinski definition) is 0. The highest BCUT2D eigenvalue weighted by atomic mass is 16.6. The maximum Gasteiger partial charge on any atom is 0.346 e. The highest BCUT2D eigenvalue weighted by Gasteiger charge is 2.30. The molecule has 3 rings (SSSR count). The molecule has 0 bridgehead atoms. The van der Waals surface area contributed by atoms with Crippen molar-refractivity contribution in [3.63, 3.8) is 0 Å². The number of benzene rings is 2. The van der Waals surface area contributed by atoms with Crippen LogP contribution in [0.3, 0.4) is 0 Å². The molecular weight excluding hydrogens is 276 g/mol. The van der Waals surface area contributed by atoms with Gasteiger partial charge in [-0.15, -0.1) is 0 Å². The molecule has 0 atom stereocenters. The molecule has 1 heterocycles. The first kappa shape index (κ1) is 13.0. The van der Waals surface area contributed by atoms with Crippen molar-refractivity contribution in [2.75, 3.05) is 7.11 Å². The molecule has 0 aliphatic carbocycles. The van der Waals surface area contributed by atoms with E-state index >= 15 is 0 Å². The number of ether oxygens (including phenoxy) is 2. The van der Waals surface area contributed by atoms with Crippen LogP contribution in [0, 0.1) is 0 Å². The van der Waals surface area contributed by atoms with E-state index in [1.54, 1.807) is 0 Å². The Hall–Kier alpha value is -3.02. The zero-order valence-electron chi connectivity index (χ0n) is 10.8. The Kier molecular flexibility index (Phi) is 2.79.